The highest BCUT2D eigenvalue weighted by Gasteiger charge is 2.22. The van der Waals surface area contributed by atoms with Gasteiger partial charge in [-0.15, -0.1) is 0 Å². The molecular formula is C14H22N2O3S. The van der Waals surface area contributed by atoms with Crippen LogP contribution in [0.4, 0.5) is 5.69 Å². The van der Waals surface area contributed by atoms with Crippen molar-refractivity contribution in [2.24, 2.45) is 5.92 Å². The molecule has 1 aromatic rings. The predicted octanol–water partition coefficient (Wildman–Crippen LogP) is 1.41. The Morgan fingerprint density at radius 2 is 2.15 bits per heavy atom. The smallest absolute Gasteiger partial charge is 0.240 e. The van der Waals surface area contributed by atoms with E-state index in [-0.39, 0.29) is 16.9 Å². The summed E-state index contributed by atoms with van der Waals surface area (Å²) in [6.07, 6.45) is 3.09. The van der Waals surface area contributed by atoms with Crippen LogP contribution in [0, 0.1) is 12.8 Å². The number of aryl methyl sites for hydroxylation is 1. The number of hydrogen-bond acceptors (Lipinski definition) is 4. The number of aliphatic hydroxyl groups excluding tert-OH is 1. The number of sulfonamides is 1. The van der Waals surface area contributed by atoms with Crippen molar-refractivity contribution in [3.63, 3.8) is 0 Å². The first-order valence-corrected chi connectivity index (χ1v) is 8.40. The quantitative estimate of drug-likeness (QED) is 0.733. The van der Waals surface area contributed by atoms with Gasteiger partial charge in [0.15, 0.2) is 0 Å². The lowest BCUT2D eigenvalue weighted by Gasteiger charge is -2.25. The van der Waals surface area contributed by atoms with Crippen LogP contribution in [0.3, 0.4) is 0 Å². The Kier molecular flexibility index (Phi) is 4.67. The van der Waals surface area contributed by atoms with Crippen LogP contribution in [0.2, 0.25) is 0 Å². The average Bonchev–Trinajstić information content (AvgIpc) is 2.40. The van der Waals surface area contributed by atoms with Gasteiger partial charge in [0, 0.05) is 12.2 Å². The van der Waals surface area contributed by atoms with Crippen LogP contribution in [-0.2, 0) is 10.0 Å². The van der Waals surface area contributed by atoms with E-state index in [2.05, 4.69) is 4.72 Å². The zero-order chi connectivity index (χ0) is 14.8. The first kappa shape index (κ1) is 15.3. The first-order valence-electron chi connectivity index (χ1n) is 6.92. The van der Waals surface area contributed by atoms with E-state index in [1.165, 1.54) is 6.07 Å². The molecule has 6 heteroatoms. The minimum atomic E-state index is -3.53. The summed E-state index contributed by atoms with van der Waals surface area (Å²) < 4.78 is 27.0. The van der Waals surface area contributed by atoms with Crippen LogP contribution in [-0.4, -0.2) is 26.2 Å². The van der Waals surface area contributed by atoms with Gasteiger partial charge in [0.25, 0.3) is 0 Å². The zero-order valence-corrected chi connectivity index (χ0v) is 12.5. The maximum absolute atomic E-state index is 12.2. The van der Waals surface area contributed by atoms with E-state index in [4.69, 9.17) is 5.73 Å². The molecule has 0 bridgehead atoms. The normalized spacial score (nSPS) is 23.7. The molecule has 1 aliphatic rings. The summed E-state index contributed by atoms with van der Waals surface area (Å²) in [5.74, 6) is 0.205. The summed E-state index contributed by atoms with van der Waals surface area (Å²) in [5.41, 5.74) is 7.08. The fraction of sp³-hybridized carbons (Fsp3) is 0.571. The maximum Gasteiger partial charge on any atom is 0.240 e. The van der Waals surface area contributed by atoms with E-state index in [1.54, 1.807) is 12.1 Å². The van der Waals surface area contributed by atoms with Crippen molar-refractivity contribution < 1.29 is 13.5 Å². The number of anilines is 1. The molecule has 1 saturated carbocycles. The maximum atomic E-state index is 12.2. The Labute approximate surface area is 120 Å². The van der Waals surface area contributed by atoms with Gasteiger partial charge in [-0.2, -0.15) is 0 Å². The molecule has 112 valence electrons. The molecule has 0 amide bonds. The predicted molar refractivity (Wildman–Crippen MR) is 78.7 cm³/mol. The lowest BCUT2D eigenvalue weighted by molar-refractivity contribution is 0.102. The van der Waals surface area contributed by atoms with Crippen LogP contribution >= 0.6 is 0 Å². The van der Waals surface area contributed by atoms with E-state index >= 15 is 0 Å². The van der Waals surface area contributed by atoms with E-state index in [0.717, 1.165) is 24.8 Å². The lowest BCUT2D eigenvalue weighted by Crippen LogP contribution is -2.33. The van der Waals surface area contributed by atoms with Gasteiger partial charge >= 0.3 is 0 Å². The second kappa shape index (κ2) is 6.11. The summed E-state index contributed by atoms with van der Waals surface area (Å²) in [7, 11) is -3.53. The molecule has 2 rings (SSSR count). The largest absolute Gasteiger partial charge is 0.398 e. The molecule has 20 heavy (non-hydrogen) atoms. The highest BCUT2D eigenvalue weighted by Crippen LogP contribution is 2.24. The van der Waals surface area contributed by atoms with E-state index in [1.807, 2.05) is 6.92 Å². The van der Waals surface area contributed by atoms with Crippen LogP contribution in [0.1, 0.15) is 31.2 Å². The fourth-order valence-electron chi connectivity index (χ4n) is 2.54. The van der Waals surface area contributed by atoms with E-state index in [9.17, 15) is 13.5 Å². The van der Waals surface area contributed by atoms with Gasteiger partial charge in [0.05, 0.1) is 11.0 Å². The van der Waals surface area contributed by atoms with E-state index < -0.39 is 10.0 Å². The van der Waals surface area contributed by atoms with Crippen molar-refractivity contribution in [3.05, 3.63) is 23.8 Å². The van der Waals surface area contributed by atoms with Gasteiger partial charge < -0.3 is 10.8 Å². The third-order valence-electron chi connectivity index (χ3n) is 3.88. The van der Waals surface area contributed by atoms with Crippen molar-refractivity contribution in [1.29, 1.82) is 0 Å². The molecule has 0 saturated heterocycles. The number of aliphatic hydroxyl groups is 1. The Balaban J connectivity index is 2.01. The molecule has 5 nitrogen and oxygen atoms in total. The molecule has 0 aliphatic heterocycles. The van der Waals surface area contributed by atoms with Gasteiger partial charge in [-0.05, 0) is 49.8 Å². The van der Waals surface area contributed by atoms with Gasteiger partial charge in [-0.25, -0.2) is 13.1 Å². The van der Waals surface area contributed by atoms with Gasteiger partial charge in [-0.3, -0.25) is 0 Å². The summed E-state index contributed by atoms with van der Waals surface area (Å²) in [6.45, 7) is 2.20. The number of rotatable bonds is 4. The van der Waals surface area contributed by atoms with Crippen molar-refractivity contribution >= 4 is 15.7 Å². The average molecular weight is 298 g/mol. The summed E-state index contributed by atoms with van der Waals surface area (Å²) in [6, 6.07) is 4.74. The third kappa shape index (κ3) is 3.71. The second-order valence-corrected chi connectivity index (χ2v) is 7.32. The minimum absolute atomic E-state index is 0.192. The second-order valence-electron chi connectivity index (χ2n) is 5.56. The first-order chi connectivity index (χ1) is 9.38. The molecular weight excluding hydrogens is 276 g/mol. The molecule has 1 fully saturated rings. The molecule has 1 aliphatic carbocycles. The molecule has 2 atom stereocenters. The molecule has 0 spiro atoms. The van der Waals surface area contributed by atoms with Crippen molar-refractivity contribution in [2.75, 3.05) is 12.3 Å². The Morgan fingerprint density at radius 3 is 2.80 bits per heavy atom. The molecule has 0 radical (unpaired) electrons. The van der Waals surface area contributed by atoms with Crippen molar-refractivity contribution in [3.8, 4) is 0 Å². The highest BCUT2D eigenvalue weighted by molar-refractivity contribution is 7.89. The monoisotopic (exact) mass is 298 g/mol. The lowest BCUT2D eigenvalue weighted by atomic mass is 9.87. The van der Waals surface area contributed by atoms with Crippen molar-refractivity contribution in [1.82, 2.24) is 4.72 Å². The summed E-state index contributed by atoms with van der Waals surface area (Å²) >= 11 is 0. The van der Waals surface area contributed by atoms with Gasteiger partial charge in [-0.1, -0.05) is 12.5 Å². The van der Waals surface area contributed by atoms with Crippen molar-refractivity contribution in [2.45, 2.75) is 43.6 Å². The van der Waals surface area contributed by atoms with Gasteiger partial charge in [0.1, 0.15) is 0 Å². The summed E-state index contributed by atoms with van der Waals surface area (Å²) in [5, 5.41) is 9.60. The molecule has 0 heterocycles. The number of nitrogen functional groups attached to an aromatic ring is 1. The van der Waals surface area contributed by atoms with E-state index in [0.29, 0.717) is 18.7 Å². The van der Waals surface area contributed by atoms with Crippen LogP contribution < -0.4 is 10.5 Å². The van der Waals surface area contributed by atoms with Crippen LogP contribution in [0.5, 0.6) is 0 Å². The SMILES string of the molecule is Cc1ccc(S(=O)(=O)NCC2CCCC(O)C2)cc1N. The molecule has 2 unspecified atom stereocenters. The zero-order valence-electron chi connectivity index (χ0n) is 11.7. The number of hydrogen-bond donors (Lipinski definition) is 3. The van der Waals surface area contributed by atoms with Crippen LogP contribution in [0.25, 0.3) is 0 Å². The molecule has 4 N–H and O–H groups in total. The molecule has 0 aromatic heterocycles. The minimum Gasteiger partial charge on any atom is -0.398 e. The third-order valence-corrected chi connectivity index (χ3v) is 5.30. The fourth-order valence-corrected chi connectivity index (χ4v) is 3.70. The number of benzene rings is 1. The Bertz CT molecular complexity index is 572. The highest BCUT2D eigenvalue weighted by atomic mass is 32.2. The summed E-state index contributed by atoms with van der Waals surface area (Å²) in [4.78, 5) is 0.192. The molecule has 1 aromatic carbocycles. The number of nitrogens with one attached hydrogen (secondary N) is 1. The van der Waals surface area contributed by atoms with Gasteiger partial charge in [0.2, 0.25) is 10.0 Å². The Hall–Kier alpha value is -1.11. The standard InChI is InChI=1S/C14H22N2O3S/c1-10-5-6-13(8-14(10)15)20(18,19)16-9-11-3-2-4-12(17)7-11/h5-6,8,11-12,16-17H,2-4,7,9,15H2,1H3. The Morgan fingerprint density at radius 1 is 1.40 bits per heavy atom. The van der Waals surface area contributed by atoms with Crippen LogP contribution in [0.15, 0.2) is 23.1 Å². The topological polar surface area (TPSA) is 92.4 Å². The number of nitrogens with two attached hydrogens (primary N) is 1.